The molecule has 3 rings (SSSR count). The Labute approximate surface area is 190 Å². The van der Waals surface area contributed by atoms with Crippen molar-refractivity contribution in [3.63, 3.8) is 0 Å². The molecule has 0 unspecified atom stereocenters. The predicted octanol–water partition coefficient (Wildman–Crippen LogP) is 1.98. The predicted molar refractivity (Wildman–Crippen MR) is 128 cm³/mol. The minimum atomic E-state index is -0.801. The topological polar surface area (TPSA) is 149 Å². The van der Waals surface area contributed by atoms with Crippen LogP contribution in [0.5, 0.6) is 0 Å². The molecule has 5 N–H and O–H groups in total. The number of aliphatic hydroxyl groups excluding tert-OH is 1. The van der Waals surface area contributed by atoms with Crippen LogP contribution in [0.15, 0.2) is 63.2 Å². The van der Waals surface area contributed by atoms with Gasteiger partial charge in [0.05, 0.1) is 24.5 Å². The molecule has 33 heavy (non-hydrogen) atoms. The summed E-state index contributed by atoms with van der Waals surface area (Å²) in [6, 6.07) is 5.88. The Kier molecular flexibility index (Phi) is 6.76. The molecule has 172 valence electrons. The van der Waals surface area contributed by atoms with E-state index in [-0.39, 0.29) is 41.9 Å². The average Bonchev–Trinajstić information content (AvgIpc) is 2.74. The van der Waals surface area contributed by atoms with Gasteiger partial charge in [-0.05, 0) is 38.0 Å². The fraction of sp³-hybridized carbons (Fsp3) is 0.261. The molecule has 0 fully saturated rings. The number of allylic oxidation sites excluding steroid dienone is 3. The van der Waals surface area contributed by atoms with Crippen molar-refractivity contribution < 1.29 is 5.11 Å². The van der Waals surface area contributed by atoms with Gasteiger partial charge < -0.3 is 26.6 Å². The zero-order valence-corrected chi connectivity index (χ0v) is 19.0. The standard InChI is InChI=1S/C23H27N7O3/c1-13-5-6-14(2)17(7-13)12-29-21(28-22(32)30(23(29)33)11-15(3)24)27-19-8-16(10-26-4)18(25)9-20(19)31/h5-10,24-26,31H,11-12H2,1-4H3,(H,27,28,32)/b16-10-,24-15?,25-18?. The molecule has 0 aliphatic heterocycles. The van der Waals surface area contributed by atoms with Crippen molar-refractivity contribution in [3.8, 4) is 0 Å². The Morgan fingerprint density at radius 1 is 1.21 bits per heavy atom. The summed E-state index contributed by atoms with van der Waals surface area (Å²) in [6.07, 6.45) is 4.38. The Morgan fingerprint density at radius 3 is 2.61 bits per heavy atom. The molecule has 0 bridgehead atoms. The smallest absolute Gasteiger partial charge is 0.355 e. The second-order valence-corrected chi connectivity index (χ2v) is 7.90. The lowest BCUT2D eigenvalue weighted by Crippen LogP contribution is -2.44. The normalized spacial score (nSPS) is 14.7. The van der Waals surface area contributed by atoms with Crippen molar-refractivity contribution in [2.24, 2.45) is 0 Å². The van der Waals surface area contributed by atoms with E-state index in [2.05, 4.69) is 15.6 Å². The van der Waals surface area contributed by atoms with Crippen molar-refractivity contribution in [2.45, 2.75) is 33.9 Å². The number of rotatable bonds is 7. The van der Waals surface area contributed by atoms with E-state index in [0.29, 0.717) is 5.57 Å². The van der Waals surface area contributed by atoms with Gasteiger partial charge in [0.15, 0.2) is 0 Å². The van der Waals surface area contributed by atoms with E-state index in [4.69, 9.17) is 10.8 Å². The minimum absolute atomic E-state index is 0.0479. The number of nitrogens with zero attached hydrogens (tertiary/aromatic N) is 3. The number of nitrogens with one attached hydrogen (secondary N) is 4. The van der Waals surface area contributed by atoms with Gasteiger partial charge in [-0.15, -0.1) is 0 Å². The lowest BCUT2D eigenvalue weighted by atomic mass is 10.0. The molecule has 0 spiro atoms. The second-order valence-electron chi connectivity index (χ2n) is 7.90. The first-order valence-electron chi connectivity index (χ1n) is 10.3. The molecule has 0 atom stereocenters. The summed E-state index contributed by atoms with van der Waals surface area (Å²) in [5.41, 5.74) is 2.36. The van der Waals surface area contributed by atoms with E-state index >= 15 is 0 Å². The zero-order chi connectivity index (χ0) is 24.3. The third-order valence-electron chi connectivity index (χ3n) is 5.09. The number of aliphatic hydroxyl groups is 1. The number of aryl methyl sites for hydroxylation is 2. The summed E-state index contributed by atoms with van der Waals surface area (Å²) in [5, 5.41) is 31.8. The molecular formula is C23H27N7O3. The summed E-state index contributed by atoms with van der Waals surface area (Å²) in [6.45, 7) is 5.34. The first-order valence-corrected chi connectivity index (χ1v) is 10.3. The molecule has 0 amide bonds. The maximum Gasteiger partial charge on any atom is 0.355 e. The van der Waals surface area contributed by atoms with Gasteiger partial charge in [-0.3, -0.25) is 4.57 Å². The molecule has 10 nitrogen and oxygen atoms in total. The lowest BCUT2D eigenvalue weighted by molar-refractivity contribution is 0.424. The van der Waals surface area contributed by atoms with E-state index in [1.165, 1.54) is 23.6 Å². The van der Waals surface area contributed by atoms with Crippen molar-refractivity contribution in [2.75, 3.05) is 12.4 Å². The van der Waals surface area contributed by atoms with Crippen LogP contribution in [0.3, 0.4) is 0 Å². The largest absolute Gasteiger partial charge is 0.506 e. The number of anilines is 1. The number of benzene rings is 1. The Morgan fingerprint density at radius 2 is 1.94 bits per heavy atom. The highest BCUT2D eigenvalue weighted by atomic mass is 16.3. The van der Waals surface area contributed by atoms with E-state index < -0.39 is 11.4 Å². The van der Waals surface area contributed by atoms with Gasteiger partial charge in [-0.2, -0.15) is 4.98 Å². The van der Waals surface area contributed by atoms with E-state index in [9.17, 15) is 14.7 Å². The van der Waals surface area contributed by atoms with Crippen molar-refractivity contribution in [1.82, 2.24) is 19.4 Å². The summed E-state index contributed by atoms with van der Waals surface area (Å²) in [7, 11) is 1.69. The Bertz CT molecular complexity index is 1340. The van der Waals surface area contributed by atoms with Crippen molar-refractivity contribution in [1.29, 1.82) is 10.8 Å². The summed E-state index contributed by atoms with van der Waals surface area (Å²) in [4.78, 5) is 29.9. The first-order chi connectivity index (χ1) is 15.6. The van der Waals surface area contributed by atoms with Gasteiger partial charge in [0.2, 0.25) is 5.95 Å². The van der Waals surface area contributed by atoms with Crippen LogP contribution in [0.25, 0.3) is 0 Å². The third kappa shape index (κ3) is 5.17. The molecule has 1 aromatic carbocycles. The Balaban J connectivity index is 2.16. The van der Waals surface area contributed by atoms with Crippen LogP contribution in [-0.4, -0.2) is 37.7 Å². The van der Waals surface area contributed by atoms with Crippen molar-refractivity contribution >= 4 is 17.4 Å². The zero-order valence-electron chi connectivity index (χ0n) is 19.0. The highest BCUT2D eigenvalue weighted by molar-refractivity contribution is 6.10. The third-order valence-corrected chi connectivity index (χ3v) is 5.09. The van der Waals surface area contributed by atoms with Crippen LogP contribution in [-0.2, 0) is 13.1 Å². The second kappa shape index (κ2) is 9.51. The van der Waals surface area contributed by atoms with Gasteiger partial charge >= 0.3 is 11.4 Å². The first kappa shape index (κ1) is 23.5. The molecule has 2 aromatic rings. The number of aromatic nitrogens is 3. The monoisotopic (exact) mass is 449 g/mol. The maximum absolute atomic E-state index is 13.3. The summed E-state index contributed by atoms with van der Waals surface area (Å²) >= 11 is 0. The molecule has 1 aliphatic rings. The van der Waals surface area contributed by atoms with Gasteiger partial charge in [0.25, 0.3) is 0 Å². The summed E-state index contributed by atoms with van der Waals surface area (Å²) < 4.78 is 2.22. The van der Waals surface area contributed by atoms with Crippen LogP contribution in [0, 0.1) is 24.7 Å². The van der Waals surface area contributed by atoms with Crippen LogP contribution >= 0.6 is 0 Å². The van der Waals surface area contributed by atoms with E-state index in [1.54, 1.807) is 13.2 Å². The lowest BCUT2D eigenvalue weighted by Gasteiger charge is -2.20. The molecule has 1 heterocycles. The van der Waals surface area contributed by atoms with Gasteiger partial charge in [0.1, 0.15) is 5.76 Å². The highest BCUT2D eigenvalue weighted by Gasteiger charge is 2.20. The molecule has 0 saturated heterocycles. The van der Waals surface area contributed by atoms with Crippen molar-refractivity contribution in [3.05, 3.63) is 91.2 Å². The Hall–Kier alpha value is -4.21. The molecule has 1 aliphatic carbocycles. The SMILES string of the molecule is CN/C=C1/C=C(Nc2nc(=O)n(CC(C)=N)c(=O)n2Cc2cc(C)ccc2C)C(O)=CC1=N. The van der Waals surface area contributed by atoms with Gasteiger partial charge in [-0.25, -0.2) is 14.2 Å². The fourth-order valence-electron chi connectivity index (χ4n) is 3.38. The molecule has 1 aromatic heterocycles. The highest BCUT2D eigenvalue weighted by Crippen LogP contribution is 2.20. The van der Waals surface area contributed by atoms with Crippen LogP contribution in [0.2, 0.25) is 0 Å². The average molecular weight is 450 g/mol. The molecule has 10 heteroatoms. The number of hydrogen-bond donors (Lipinski definition) is 5. The van der Waals surface area contributed by atoms with Gasteiger partial charge in [-0.1, -0.05) is 23.8 Å². The van der Waals surface area contributed by atoms with Crippen LogP contribution < -0.4 is 22.0 Å². The molecular weight excluding hydrogens is 422 g/mol. The quantitative estimate of drug-likeness (QED) is 0.408. The summed E-state index contributed by atoms with van der Waals surface area (Å²) in [5.74, 6) is -0.270. The fourth-order valence-corrected chi connectivity index (χ4v) is 3.38. The minimum Gasteiger partial charge on any atom is -0.506 e. The maximum atomic E-state index is 13.3. The van der Waals surface area contributed by atoms with Crippen LogP contribution in [0.4, 0.5) is 5.95 Å². The van der Waals surface area contributed by atoms with E-state index in [0.717, 1.165) is 21.3 Å². The molecule has 0 radical (unpaired) electrons. The van der Waals surface area contributed by atoms with E-state index in [1.807, 2.05) is 32.0 Å². The van der Waals surface area contributed by atoms with Crippen LogP contribution in [0.1, 0.15) is 23.6 Å². The molecule has 0 saturated carbocycles. The number of hydrogen-bond acceptors (Lipinski definition) is 8. The van der Waals surface area contributed by atoms with Gasteiger partial charge in [0, 0.05) is 30.6 Å².